The Morgan fingerprint density at radius 3 is 1.69 bits per heavy atom. The summed E-state index contributed by atoms with van der Waals surface area (Å²) in [4.78, 5) is 0. The normalized spacial score (nSPS) is 13.2. The summed E-state index contributed by atoms with van der Waals surface area (Å²) in [6.45, 7) is 4.76. The van der Waals surface area contributed by atoms with Gasteiger partial charge in [-0.25, -0.2) is 0 Å². The molecule has 0 spiro atoms. The lowest BCUT2D eigenvalue weighted by atomic mass is 9.80. The summed E-state index contributed by atoms with van der Waals surface area (Å²) in [5, 5.41) is 5.08. The van der Waals surface area contributed by atoms with E-state index < -0.39 is 0 Å². The van der Waals surface area contributed by atoms with Crippen LogP contribution in [0.25, 0.3) is 78.2 Å². The van der Waals surface area contributed by atoms with Crippen LogP contribution in [0, 0.1) is 0 Å². The highest BCUT2D eigenvalue weighted by Gasteiger charge is 2.36. The molecule has 0 amide bonds. The molecule has 0 aromatic heterocycles. The molecule has 0 bridgehead atoms. The van der Waals surface area contributed by atoms with Crippen LogP contribution in [0.1, 0.15) is 36.1 Å². The molecule has 1 aliphatic carbocycles. The van der Waals surface area contributed by atoms with Gasteiger partial charge in [0.05, 0.1) is 0 Å². The highest BCUT2D eigenvalue weighted by atomic mass is 14.4. The first-order valence-corrected chi connectivity index (χ1v) is 17.2. The molecule has 0 heterocycles. The fourth-order valence-electron chi connectivity index (χ4n) is 7.77. The maximum Gasteiger partial charge on any atom is 0.0159 e. The zero-order chi connectivity index (χ0) is 33.0. The highest BCUT2D eigenvalue weighted by Crippen LogP contribution is 2.51. The van der Waals surface area contributed by atoms with Crippen molar-refractivity contribution in [2.45, 2.75) is 19.3 Å². The van der Waals surface area contributed by atoms with Crippen LogP contribution < -0.4 is 0 Å². The average molecular weight is 625 g/mol. The molecule has 8 aromatic rings. The topological polar surface area (TPSA) is 0 Å². The van der Waals surface area contributed by atoms with Crippen molar-refractivity contribution in [3.63, 3.8) is 0 Å². The van der Waals surface area contributed by atoms with Crippen LogP contribution in [-0.4, -0.2) is 0 Å². The van der Waals surface area contributed by atoms with Gasteiger partial charge in [0.1, 0.15) is 0 Å². The van der Waals surface area contributed by atoms with Gasteiger partial charge in [-0.3, -0.25) is 0 Å². The van der Waals surface area contributed by atoms with Crippen LogP contribution in [0.3, 0.4) is 0 Å². The summed E-state index contributed by atoms with van der Waals surface area (Å²) in [5.41, 5.74) is 15.2. The molecule has 0 nitrogen and oxygen atoms in total. The van der Waals surface area contributed by atoms with Crippen molar-refractivity contribution in [3.8, 4) is 44.5 Å². The summed E-state index contributed by atoms with van der Waals surface area (Å²) < 4.78 is 0. The Hall–Kier alpha value is -5.98. The van der Waals surface area contributed by atoms with E-state index in [2.05, 4.69) is 196 Å². The van der Waals surface area contributed by atoms with Crippen LogP contribution in [0.4, 0.5) is 0 Å². The Labute approximate surface area is 288 Å². The quantitative estimate of drug-likeness (QED) is 0.167. The van der Waals surface area contributed by atoms with E-state index in [9.17, 15) is 0 Å². The van der Waals surface area contributed by atoms with Crippen LogP contribution in [-0.2, 0) is 5.41 Å². The molecule has 0 saturated carbocycles. The van der Waals surface area contributed by atoms with Gasteiger partial charge in [-0.1, -0.05) is 159 Å². The van der Waals surface area contributed by atoms with Gasteiger partial charge in [0.25, 0.3) is 0 Å². The minimum absolute atomic E-state index is 0.128. The predicted molar refractivity (Wildman–Crippen MR) is 211 cm³/mol. The van der Waals surface area contributed by atoms with Crippen molar-refractivity contribution in [1.82, 2.24) is 0 Å². The third-order valence-corrected chi connectivity index (χ3v) is 10.4. The van der Waals surface area contributed by atoms with Crippen molar-refractivity contribution < 1.29 is 0 Å². The van der Waals surface area contributed by atoms with Gasteiger partial charge in [-0.2, -0.15) is 0 Å². The maximum atomic E-state index is 2.44. The van der Waals surface area contributed by atoms with Gasteiger partial charge >= 0.3 is 0 Å². The van der Waals surface area contributed by atoms with Gasteiger partial charge in [0.15, 0.2) is 0 Å². The average Bonchev–Trinajstić information content (AvgIpc) is 3.38. The molecule has 1 aliphatic rings. The highest BCUT2D eigenvalue weighted by molar-refractivity contribution is 5.98. The molecule has 0 N–H and O–H groups in total. The molecule has 232 valence electrons. The first kappa shape index (κ1) is 29.2. The molecule has 0 fully saturated rings. The Kier molecular flexibility index (Phi) is 6.92. The minimum atomic E-state index is -0.128. The molecule has 0 atom stereocenters. The van der Waals surface area contributed by atoms with E-state index in [0.717, 1.165) is 0 Å². The van der Waals surface area contributed by atoms with E-state index in [1.807, 2.05) is 0 Å². The van der Waals surface area contributed by atoms with Crippen molar-refractivity contribution in [3.05, 3.63) is 192 Å². The van der Waals surface area contributed by atoms with E-state index in [4.69, 9.17) is 0 Å². The second-order valence-electron chi connectivity index (χ2n) is 13.8. The van der Waals surface area contributed by atoms with Gasteiger partial charge in [0.2, 0.25) is 0 Å². The Morgan fingerprint density at radius 2 is 0.918 bits per heavy atom. The zero-order valence-corrected chi connectivity index (χ0v) is 27.8. The zero-order valence-electron chi connectivity index (χ0n) is 27.8. The standard InChI is InChI=1S/C49H36/c1-49(2)47-31-39(38-22-21-35-13-6-7-15-37(35)29-38)23-25-45(47)46-26-24-40(32-48(46)49)41-27-34(20-19-33-11-4-3-5-12-33)28-42(30-41)44-18-10-16-36-14-8-9-17-43(36)44/h3-32H,1-2H3/b20-19+. The van der Waals surface area contributed by atoms with E-state index in [0.29, 0.717) is 0 Å². The first-order chi connectivity index (χ1) is 24.0. The van der Waals surface area contributed by atoms with Crippen LogP contribution >= 0.6 is 0 Å². The van der Waals surface area contributed by atoms with Crippen LogP contribution in [0.15, 0.2) is 170 Å². The summed E-state index contributed by atoms with van der Waals surface area (Å²) in [5.74, 6) is 0. The number of rotatable bonds is 5. The Morgan fingerprint density at radius 1 is 0.347 bits per heavy atom. The molecule has 0 radical (unpaired) electrons. The number of benzene rings is 8. The SMILES string of the molecule is CC1(C)c2cc(-c3cc(/C=C/c4ccccc4)cc(-c4cccc5ccccc45)c3)ccc2-c2ccc(-c3ccc4ccccc4c3)cc21. The number of hydrogen-bond acceptors (Lipinski definition) is 0. The largest absolute Gasteiger partial charge is 0.0622 e. The summed E-state index contributed by atoms with van der Waals surface area (Å²) in [6, 6.07) is 62.4. The van der Waals surface area contributed by atoms with E-state index in [1.165, 1.54) is 88.3 Å². The summed E-state index contributed by atoms with van der Waals surface area (Å²) in [7, 11) is 0. The number of fused-ring (bicyclic) bond motifs is 5. The molecule has 49 heavy (non-hydrogen) atoms. The van der Waals surface area contributed by atoms with Crippen molar-refractivity contribution in [2.24, 2.45) is 0 Å². The van der Waals surface area contributed by atoms with E-state index in [1.54, 1.807) is 0 Å². The summed E-state index contributed by atoms with van der Waals surface area (Å²) in [6.07, 6.45) is 4.45. The van der Waals surface area contributed by atoms with Crippen LogP contribution in [0.2, 0.25) is 0 Å². The lowest BCUT2D eigenvalue weighted by Gasteiger charge is -2.23. The van der Waals surface area contributed by atoms with Gasteiger partial charge in [0, 0.05) is 5.41 Å². The van der Waals surface area contributed by atoms with Gasteiger partial charge < -0.3 is 0 Å². The third-order valence-electron chi connectivity index (χ3n) is 10.4. The predicted octanol–water partition coefficient (Wildman–Crippen LogP) is 13.5. The molecule has 0 aliphatic heterocycles. The Bertz CT molecular complexity index is 2560. The van der Waals surface area contributed by atoms with E-state index >= 15 is 0 Å². The molecule has 8 aromatic carbocycles. The molecule has 0 unspecified atom stereocenters. The Balaban J connectivity index is 1.15. The lowest BCUT2D eigenvalue weighted by Crippen LogP contribution is -2.15. The van der Waals surface area contributed by atoms with E-state index in [-0.39, 0.29) is 5.41 Å². The maximum absolute atomic E-state index is 2.44. The monoisotopic (exact) mass is 624 g/mol. The third kappa shape index (κ3) is 5.18. The lowest BCUT2D eigenvalue weighted by molar-refractivity contribution is 0.661. The minimum Gasteiger partial charge on any atom is -0.0622 e. The number of hydrogen-bond donors (Lipinski definition) is 0. The van der Waals surface area contributed by atoms with Crippen molar-refractivity contribution in [1.29, 1.82) is 0 Å². The van der Waals surface area contributed by atoms with Gasteiger partial charge in [-0.15, -0.1) is 0 Å². The summed E-state index contributed by atoms with van der Waals surface area (Å²) >= 11 is 0. The fourth-order valence-corrected chi connectivity index (χ4v) is 7.77. The molecule has 9 rings (SSSR count). The molecule has 0 saturated heterocycles. The molecule has 0 heteroatoms. The molecular formula is C49H36. The van der Waals surface area contributed by atoms with Crippen molar-refractivity contribution >= 4 is 33.7 Å². The van der Waals surface area contributed by atoms with Crippen LogP contribution in [0.5, 0.6) is 0 Å². The van der Waals surface area contributed by atoms with Crippen molar-refractivity contribution in [2.75, 3.05) is 0 Å². The molecular weight excluding hydrogens is 589 g/mol. The second-order valence-corrected chi connectivity index (χ2v) is 13.8. The van der Waals surface area contributed by atoms with Gasteiger partial charge in [-0.05, 0) is 125 Å². The first-order valence-electron chi connectivity index (χ1n) is 17.2. The smallest absolute Gasteiger partial charge is 0.0159 e. The second kappa shape index (κ2) is 11.6. The fraction of sp³-hybridized carbons (Fsp3) is 0.0612.